The molecule has 11 nitrogen and oxygen atoms in total. The Morgan fingerprint density at radius 2 is 0.791 bits per heavy atom. The Hall–Kier alpha value is -2.64. The maximum absolute atomic E-state index is 13.1. The van der Waals surface area contributed by atoms with Gasteiger partial charge in [-0.3, -0.25) is 9.59 Å². The average molecular weight is 1210 g/mol. The zero-order valence-electron chi connectivity index (χ0n) is 55.8. The monoisotopic (exact) mass is 1210 g/mol. The standard InChI is InChI=1S/C75H137NO10/c1-3-5-7-9-11-13-15-17-34-37-41-45-49-53-57-61-68(78)67(66-85-75-74(83)73(82)72(81)69(65-77)86-75)76-70(79)62-58-54-50-46-42-38-35-32-30-28-26-24-22-20-19-21-23-25-27-29-31-33-36-40-44-48-52-56-60-64-84-71(80)63-59-55-51-47-43-39-18-16-14-12-10-8-6-4-2/h10,12,16,18-19,21,25,27,57,61,67-69,72-75,77-78,81-83H,3-9,11,13-15,17,20,22-24,26,28-56,58-60,62-66H2,1-2H3,(H,76,79)/b12-10-,18-16-,21-19-,27-25-,61-57+. The lowest BCUT2D eigenvalue weighted by Crippen LogP contribution is -2.60. The zero-order chi connectivity index (χ0) is 62.3. The van der Waals surface area contributed by atoms with Gasteiger partial charge in [0.25, 0.3) is 0 Å². The lowest BCUT2D eigenvalue weighted by Gasteiger charge is -2.40. The van der Waals surface area contributed by atoms with Gasteiger partial charge in [-0.2, -0.15) is 0 Å². The van der Waals surface area contributed by atoms with Crippen LogP contribution in [0.15, 0.2) is 60.8 Å². The van der Waals surface area contributed by atoms with Crippen LogP contribution in [-0.4, -0.2) is 100 Å². The van der Waals surface area contributed by atoms with Gasteiger partial charge in [0.2, 0.25) is 5.91 Å². The summed E-state index contributed by atoms with van der Waals surface area (Å²) < 4.78 is 16.8. The molecule has 0 aromatic carbocycles. The molecular formula is C75H137NO10. The molecular weight excluding hydrogens is 1070 g/mol. The van der Waals surface area contributed by atoms with Crippen LogP contribution >= 0.6 is 0 Å². The fraction of sp³-hybridized carbons (Fsp3) is 0.840. The van der Waals surface area contributed by atoms with Crippen LogP contribution in [0.25, 0.3) is 0 Å². The van der Waals surface area contributed by atoms with Gasteiger partial charge in [-0.25, -0.2) is 0 Å². The van der Waals surface area contributed by atoms with Gasteiger partial charge < -0.3 is 45.1 Å². The van der Waals surface area contributed by atoms with Gasteiger partial charge in [0.1, 0.15) is 24.4 Å². The van der Waals surface area contributed by atoms with Crippen molar-refractivity contribution in [2.75, 3.05) is 19.8 Å². The Morgan fingerprint density at radius 3 is 1.21 bits per heavy atom. The number of nitrogens with one attached hydrogen (secondary N) is 1. The molecule has 0 aliphatic carbocycles. The van der Waals surface area contributed by atoms with E-state index >= 15 is 0 Å². The molecule has 86 heavy (non-hydrogen) atoms. The second-order valence-corrected chi connectivity index (χ2v) is 25.3. The highest BCUT2D eigenvalue weighted by molar-refractivity contribution is 5.76. The molecule has 7 atom stereocenters. The smallest absolute Gasteiger partial charge is 0.305 e. The van der Waals surface area contributed by atoms with E-state index in [1.807, 2.05) is 6.08 Å². The molecule has 1 heterocycles. The zero-order valence-corrected chi connectivity index (χ0v) is 55.8. The van der Waals surface area contributed by atoms with Crippen LogP contribution in [0.4, 0.5) is 0 Å². The molecule has 0 aromatic heterocycles. The van der Waals surface area contributed by atoms with Crippen LogP contribution in [0.3, 0.4) is 0 Å². The summed E-state index contributed by atoms with van der Waals surface area (Å²) in [4.78, 5) is 25.2. The van der Waals surface area contributed by atoms with E-state index in [9.17, 15) is 35.1 Å². The predicted molar refractivity (Wildman–Crippen MR) is 361 cm³/mol. The fourth-order valence-corrected chi connectivity index (χ4v) is 11.3. The predicted octanol–water partition coefficient (Wildman–Crippen LogP) is 18.9. The van der Waals surface area contributed by atoms with E-state index in [1.165, 1.54) is 238 Å². The number of carbonyl (C=O) groups is 2. The normalized spacial score (nSPS) is 18.2. The van der Waals surface area contributed by atoms with Crippen molar-refractivity contribution in [3.05, 3.63) is 60.8 Å². The van der Waals surface area contributed by atoms with Crippen LogP contribution in [0.2, 0.25) is 0 Å². The van der Waals surface area contributed by atoms with Crippen molar-refractivity contribution < 1.29 is 49.3 Å². The van der Waals surface area contributed by atoms with Gasteiger partial charge >= 0.3 is 5.97 Å². The van der Waals surface area contributed by atoms with Crippen LogP contribution in [-0.2, 0) is 23.8 Å². The lowest BCUT2D eigenvalue weighted by molar-refractivity contribution is -0.302. The largest absolute Gasteiger partial charge is 0.466 e. The second kappa shape index (κ2) is 63.9. The van der Waals surface area contributed by atoms with Crippen LogP contribution in [0, 0.1) is 0 Å². The Kier molecular flexibility index (Phi) is 60.5. The number of hydrogen-bond donors (Lipinski definition) is 6. The number of unbranched alkanes of at least 4 members (excludes halogenated alkanes) is 42. The molecule has 11 heteroatoms. The highest BCUT2D eigenvalue weighted by Crippen LogP contribution is 2.23. The van der Waals surface area contributed by atoms with E-state index in [1.54, 1.807) is 6.08 Å². The average Bonchev–Trinajstić information content (AvgIpc) is 2.68. The first-order chi connectivity index (χ1) is 42.2. The first-order valence-electron chi connectivity index (χ1n) is 36.6. The number of aliphatic hydroxyl groups excluding tert-OH is 5. The highest BCUT2D eigenvalue weighted by Gasteiger charge is 2.44. The molecule has 0 saturated carbocycles. The SMILES string of the molecule is CCCC/C=C\C/C=C\CCCCCCCC(=O)OCCCCCCCCCCC/C=C\C/C=C\CCCCCCCCCCCCCCCC(=O)NC(COC1OC(CO)C(O)C(O)C1O)C(O)/C=C/CCCCCCCCCCCCCCC. The van der Waals surface area contributed by atoms with Crippen LogP contribution in [0.5, 0.6) is 0 Å². The topological polar surface area (TPSA) is 175 Å². The van der Waals surface area contributed by atoms with E-state index in [-0.39, 0.29) is 18.5 Å². The number of esters is 1. The Balaban J connectivity index is 2.00. The molecule has 1 aliphatic rings. The summed E-state index contributed by atoms with van der Waals surface area (Å²) >= 11 is 0. The number of amides is 1. The molecule has 0 radical (unpaired) electrons. The number of ether oxygens (including phenoxy) is 3. The molecule has 0 bridgehead atoms. The molecule has 0 aromatic rings. The third kappa shape index (κ3) is 52.2. The number of hydrogen-bond acceptors (Lipinski definition) is 10. The van der Waals surface area contributed by atoms with Crippen molar-refractivity contribution in [1.29, 1.82) is 0 Å². The Labute approximate surface area is 528 Å². The van der Waals surface area contributed by atoms with E-state index in [4.69, 9.17) is 14.2 Å². The maximum atomic E-state index is 13.1. The van der Waals surface area contributed by atoms with Gasteiger partial charge in [-0.05, 0) is 89.9 Å². The minimum atomic E-state index is -1.57. The van der Waals surface area contributed by atoms with Gasteiger partial charge in [-0.15, -0.1) is 0 Å². The first-order valence-corrected chi connectivity index (χ1v) is 36.6. The van der Waals surface area contributed by atoms with Crippen molar-refractivity contribution in [2.45, 2.75) is 384 Å². The van der Waals surface area contributed by atoms with Gasteiger partial charge in [-0.1, -0.05) is 299 Å². The van der Waals surface area contributed by atoms with Crippen LogP contribution < -0.4 is 5.32 Å². The fourth-order valence-electron chi connectivity index (χ4n) is 11.3. The minimum Gasteiger partial charge on any atom is -0.466 e. The van der Waals surface area contributed by atoms with E-state index in [0.29, 0.717) is 19.4 Å². The summed E-state index contributed by atoms with van der Waals surface area (Å²) in [5.74, 6) is -0.192. The summed E-state index contributed by atoms with van der Waals surface area (Å²) in [6.07, 6.45) is 74.8. The van der Waals surface area contributed by atoms with E-state index < -0.39 is 49.5 Å². The maximum Gasteiger partial charge on any atom is 0.305 e. The number of rotatable bonds is 64. The van der Waals surface area contributed by atoms with Crippen molar-refractivity contribution in [3.8, 4) is 0 Å². The minimum absolute atomic E-state index is 0.0115. The van der Waals surface area contributed by atoms with Gasteiger partial charge in [0.05, 0.1) is 32.0 Å². The quantitative estimate of drug-likeness (QED) is 0.0195. The van der Waals surface area contributed by atoms with Crippen molar-refractivity contribution in [1.82, 2.24) is 5.32 Å². The molecule has 1 saturated heterocycles. The Bertz CT molecular complexity index is 1610. The van der Waals surface area contributed by atoms with E-state index in [0.717, 1.165) is 77.0 Å². The number of allylic oxidation sites excluding steroid dienone is 9. The van der Waals surface area contributed by atoms with Gasteiger partial charge in [0.15, 0.2) is 6.29 Å². The van der Waals surface area contributed by atoms with E-state index in [2.05, 4.69) is 67.8 Å². The molecule has 1 rings (SSSR count). The summed E-state index contributed by atoms with van der Waals surface area (Å²) in [5.41, 5.74) is 0. The molecule has 7 unspecified atom stereocenters. The third-order valence-electron chi connectivity index (χ3n) is 17.1. The Morgan fingerprint density at radius 1 is 0.430 bits per heavy atom. The molecule has 502 valence electrons. The molecule has 1 fully saturated rings. The number of carbonyl (C=O) groups excluding carboxylic acids is 2. The third-order valence-corrected chi connectivity index (χ3v) is 17.1. The van der Waals surface area contributed by atoms with Crippen molar-refractivity contribution in [2.24, 2.45) is 0 Å². The lowest BCUT2D eigenvalue weighted by atomic mass is 9.99. The summed E-state index contributed by atoms with van der Waals surface area (Å²) in [6, 6.07) is -0.812. The van der Waals surface area contributed by atoms with Crippen molar-refractivity contribution >= 4 is 11.9 Å². The second-order valence-electron chi connectivity index (χ2n) is 25.3. The highest BCUT2D eigenvalue weighted by atomic mass is 16.7. The first kappa shape index (κ1) is 81.4. The summed E-state index contributed by atoms with van der Waals surface area (Å²) in [7, 11) is 0. The summed E-state index contributed by atoms with van der Waals surface area (Å²) in [5, 5.41) is 54.6. The molecule has 1 aliphatic heterocycles. The molecule has 6 N–H and O–H groups in total. The molecule has 0 spiro atoms. The molecule has 1 amide bonds. The number of aliphatic hydroxyl groups is 5. The summed E-state index contributed by atoms with van der Waals surface area (Å²) in [6.45, 7) is 4.32. The van der Waals surface area contributed by atoms with Gasteiger partial charge in [0, 0.05) is 12.8 Å². The van der Waals surface area contributed by atoms with Crippen LogP contribution in [0.1, 0.15) is 341 Å². The van der Waals surface area contributed by atoms with Crippen molar-refractivity contribution in [3.63, 3.8) is 0 Å².